The lowest BCUT2D eigenvalue weighted by Crippen LogP contribution is -2.48. The van der Waals surface area contributed by atoms with Crippen molar-refractivity contribution in [3.63, 3.8) is 0 Å². The van der Waals surface area contributed by atoms with Crippen LogP contribution in [-0.2, 0) is 4.74 Å². The maximum Gasteiger partial charge on any atom is 0.0746 e. The molecule has 0 radical (unpaired) electrons. The van der Waals surface area contributed by atoms with E-state index in [4.69, 9.17) is 10.5 Å². The Labute approximate surface area is 99.3 Å². The van der Waals surface area contributed by atoms with Crippen molar-refractivity contribution < 1.29 is 4.74 Å². The molecule has 0 aromatic heterocycles. The zero-order valence-electron chi connectivity index (χ0n) is 10.7. The van der Waals surface area contributed by atoms with E-state index in [1.165, 1.54) is 38.6 Å². The molecule has 1 heterocycles. The minimum absolute atomic E-state index is 0.366. The third-order valence-corrected chi connectivity index (χ3v) is 4.27. The Morgan fingerprint density at radius 3 is 2.50 bits per heavy atom. The summed E-state index contributed by atoms with van der Waals surface area (Å²) in [5.41, 5.74) is 5.91. The predicted molar refractivity (Wildman–Crippen MR) is 66.4 cm³/mol. The number of rotatable bonds is 5. The van der Waals surface area contributed by atoms with Crippen molar-refractivity contribution in [3.8, 4) is 0 Å². The Balaban J connectivity index is 1.82. The van der Waals surface area contributed by atoms with Crippen molar-refractivity contribution in [2.24, 2.45) is 11.7 Å². The average Bonchev–Trinajstić information content (AvgIpc) is 2.60. The molecule has 3 heteroatoms. The SMILES string of the molecule is CC1CCC(C(CN)N(C)CC2CCC2)O1. The summed E-state index contributed by atoms with van der Waals surface area (Å²) in [6.07, 6.45) is 7.40. The van der Waals surface area contributed by atoms with Crippen LogP contribution in [0.15, 0.2) is 0 Å². The Hall–Kier alpha value is -0.120. The van der Waals surface area contributed by atoms with Crippen LogP contribution >= 0.6 is 0 Å². The molecule has 0 aromatic carbocycles. The van der Waals surface area contributed by atoms with Gasteiger partial charge >= 0.3 is 0 Å². The molecule has 3 unspecified atom stereocenters. The molecule has 94 valence electrons. The zero-order valence-corrected chi connectivity index (χ0v) is 10.7. The van der Waals surface area contributed by atoms with Gasteiger partial charge in [-0.3, -0.25) is 4.90 Å². The van der Waals surface area contributed by atoms with Gasteiger partial charge in [0.1, 0.15) is 0 Å². The van der Waals surface area contributed by atoms with Crippen LogP contribution in [0, 0.1) is 5.92 Å². The number of likely N-dealkylation sites (N-methyl/N-ethyl adjacent to an activating group) is 1. The van der Waals surface area contributed by atoms with E-state index in [1.807, 2.05) is 0 Å². The van der Waals surface area contributed by atoms with Crippen LogP contribution in [0.2, 0.25) is 0 Å². The summed E-state index contributed by atoms with van der Waals surface area (Å²) in [7, 11) is 2.21. The summed E-state index contributed by atoms with van der Waals surface area (Å²) in [5, 5.41) is 0. The number of hydrogen-bond donors (Lipinski definition) is 1. The standard InChI is InChI=1S/C13H26N2O/c1-10-6-7-13(16-10)12(8-14)15(2)9-11-4-3-5-11/h10-13H,3-9,14H2,1-2H3. The van der Waals surface area contributed by atoms with Gasteiger partial charge < -0.3 is 10.5 Å². The molecule has 2 rings (SSSR count). The van der Waals surface area contributed by atoms with E-state index in [9.17, 15) is 0 Å². The van der Waals surface area contributed by atoms with E-state index in [0.717, 1.165) is 12.5 Å². The second kappa shape index (κ2) is 5.48. The van der Waals surface area contributed by atoms with Crippen molar-refractivity contribution in [1.29, 1.82) is 0 Å². The molecular formula is C13H26N2O. The molecule has 0 bridgehead atoms. The van der Waals surface area contributed by atoms with Crippen LogP contribution in [0.5, 0.6) is 0 Å². The molecule has 2 aliphatic rings. The molecule has 1 saturated heterocycles. The van der Waals surface area contributed by atoms with Crippen LogP contribution < -0.4 is 5.73 Å². The minimum Gasteiger partial charge on any atom is -0.374 e. The summed E-state index contributed by atoms with van der Waals surface area (Å²) < 4.78 is 5.95. The topological polar surface area (TPSA) is 38.5 Å². The maximum atomic E-state index is 5.95. The third-order valence-electron chi connectivity index (χ3n) is 4.27. The van der Waals surface area contributed by atoms with E-state index in [-0.39, 0.29) is 0 Å². The van der Waals surface area contributed by atoms with Gasteiger partial charge in [-0.25, -0.2) is 0 Å². The molecule has 2 N–H and O–H groups in total. The summed E-state index contributed by atoms with van der Waals surface area (Å²) >= 11 is 0. The zero-order chi connectivity index (χ0) is 11.5. The number of nitrogens with two attached hydrogens (primary N) is 1. The smallest absolute Gasteiger partial charge is 0.0746 e. The van der Waals surface area contributed by atoms with Crippen molar-refractivity contribution in [2.75, 3.05) is 20.1 Å². The highest BCUT2D eigenvalue weighted by molar-refractivity contribution is 4.86. The molecule has 3 nitrogen and oxygen atoms in total. The van der Waals surface area contributed by atoms with Gasteiger partial charge in [0, 0.05) is 19.1 Å². The number of hydrogen-bond acceptors (Lipinski definition) is 3. The molecule has 2 fully saturated rings. The highest BCUT2D eigenvalue weighted by Gasteiger charge is 2.32. The fraction of sp³-hybridized carbons (Fsp3) is 1.00. The van der Waals surface area contributed by atoms with Crippen molar-refractivity contribution >= 4 is 0 Å². The largest absolute Gasteiger partial charge is 0.374 e. The van der Waals surface area contributed by atoms with Gasteiger partial charge in [-0.2, -0.15) is 0 Å². The van der Waals surface area contributed by atoms with Crippen LogP contribution in [0.4, 0.5) is 0 Å². The number of ether oxygens (including phenoxy) is 1. The first-order valence-electron chi connectivity index (χ1n) is 6.76. The molecule has 0 spiro atoms. The fourth-order valence-corrected chi connectivity index (χ4v) is 2.95. The third kappa shape index (κ3) is 2.76. The second-order valence-corrected chi connectivity index (χ2v) is 5.60. The van der Waals surface area contributed by atoms with Crippen LogP contribution in [0.1, 0.15) is 39.0 Å². The Morgan fingerprint density at radius 1 is 1.31 bits per heavy atom. The van der Waals surface area contributed by atoms with Crippen LogP contribution in [0.25, 0.3) is 0 Å². The fourth-order valence-electron chi connectivity index (χ4n) is 2.95. The van der Waals surface area contributed by atoms with E-state index >= 15 is 0 Å². The first-order valence-corrected chi connectivity index (χ1v) is 6.76. The minimum atomic E-state index is 0.366. The Morgan fingerprint density at radius 2 is 2.06 bits per heavy atom. The van der Waals surface area contributed by atoms with Gasteiger partial charge in [0.05, 0.1) is 12.2 Å². The average molecular weight is 226 g/mol. The molecule has 1 aliphatic carbocycles. The second-order valence-electron chi connectivity index (χ2n) is 5.60. The Bertz CT molecular complexity index is 218. The summed E-state index contributed by atoms with van der Waals surface area (Å²) in [4.78, 5) is 2.44. The maximum absolute atomic E-state index is 5.95. The normalized spacial score (nSPS) is 33.0. The monoisotopic (exact) mass is 226 g/mol. The van der Waals surface area contributed by atoms with Crippen molar-refractivity contribution in [2.45, 2.75) is 57.3 Å². The molecule has 1 aliphatic heterocycles. The molecule has 0 aromatic rings. The van der Waals surface area contributed by atoms with E-state index in [2.05, 4.69) is 18.9 Å². The van der Waals surface area contributed by atoms with Gasteiger partial charge in [0.2, 0.25) is 0 Å². The molecular weight excluding hydrogens is 200 g/mol. The quantitative estimate of drug-likeness (QED) is 0.774. The summed E-state index contributed by atoms with van der Waals surface area (Å²) in [5.74, 6) is 0.915. The number of nitrogens with zero attached hydrogens (tertiary/aromatic N) is 1. The first kappa shape index (κ1) is 12.3. The van der Waals surface area contributed by atoms with E-state index < -0.39 is 0 Å². The van der Waals surface area contributed by atoms with Gasteiger partial charge in [-0.1, -0.05) is 6.42 Å². The molecule has 3 atom stereocenters. The van der Waals surface area contributed by atoms with Crippen LogP contribution in [0.3, 0.4) is 0 Å². The van der Waals surface area contributed by atoms with Crippen molar-refractivity contribution in [1.82, 2.24) is 4.90 Å². The lowest BCUT2D eigenvalue weighted by Gasteiger charge is -2.36. The molecule has 16 heavy (non-hydrogen) atoms. The lowest BCUT2D eigenvalue weighted by molar-refractivity contribution is -0.00378. The highest BCUT2D eigenvalue weighted by atomic mass is 16.5. The lowest BCUT2D eigenvalue weighted by atomic mass is 9.85. The van der Waals surface area contributed by atoms with Gasteiger partial charge in [-0.05, 0) is 45.6 Å². The van der Waals surface area contributed by atoms with E-state index in [0.29, 0.717) is 18.2 Å². The van der Waals surface area contributed by atoms with E-state index in [1.54, 1.807) is 0 Å². The Kier molecular flexibility index (Phi) is 4.22. The molecule has 0 amide bonds. The predicted octanol–water partition coefficient (Wildman–Crippen LogP) is 1.61. The highest BCUT2D eigenvalue weighted by Crippen LogP contribution is 2.29. The summed E-state index contributed by atoms with van der Waals surface area (Å²) in [6, 6.07) is 0.422. The van der Waals surface area contributed by atoms with Gasteiger partial charge in [0.25, 0.3) is 0 Å². The van der Waals surface area contributed by atoms with Crippen LogP contribution in [-0.4, -0.2) is 43.3 Å². The van der Waals surface area contributed by atoms with Crippen molar-refractivity contribution in [3.05, 3.63) is 0 Å². The summed E-state index contributed by atoms with van der Waals surface area (Å²) in [6.45, 7) is 4.09. The van der Waals surface area contributed by atoms with Gasteiger partial charge in [-0.15, -0.1) is 0 Å². The van der Waals surface area contributed by atoms with Gasteiger partial charge in [0.15, 0.2) is 0 Å². The molecule has 1 saturated carbocycles. The first-order chi connectivity index (χ1) is 7.70.